The summed E-state index contributed by atoms with van der Waals surface area (Å²) in [5.74, 6) is -1.32. The van der Waals surface area contributed by atoms with E-state index in [-0.39, 0.29) is 5.69 Å². The molecule has 1 N–H and O–H groups in total. The van der Waals surface area contributed by atoms with Crippen LogP contribution < -0.4 is 10.1 Å². The molecule has 0 unspecified atom stereocenters. The fraction of sp³-hybridized carbons (Fsp3) is 0.222. The number of benzene rings is 1. The lowest BCUT2D eigenvalue weighted by atomic mass is 10.3. The third-order valence-electron chi connectivity index (χ3n) is 1.64. The molecule has 1 aromatic rings. The first-order chi connectivity index (χ1) is 8.26. The van der Waals surface area contributed by atoms with Crippen molar-refractivity contribution in [1.82, 2.24) is 0 Å². The van der Waals surface area contributed by atoms with Crippen LogP contribution in [0.5, 0.6) is 5.75 Å². The number of nitrogens with zero attached hydrogens (tertiary/aromatic N) is 1. The van der Waals surface area contributed by atoms with Gasteiger partial charge < -0.3 is 10.1 Å². The molecule has 0 bridgehead atoms. The van der Waals surface area contributed by atoms with Gasteiger partial charge in [-0.1, -0.05) is 0 Å². The van der Waals surface area contributed by atoms with E-state index >= 15 is 0 Å². The lowest BCUT2D eigenvalue weighted by molar-refractivity contribution is -0.467. The van der Waals surface area contributed by atoms with Crippen LogP contribution in [0.3, 0.4) is 0 Å². The van der Waals surface area contributed by atoms with E-state index in [1.807, 2.05) is 0 Å². The van der Waals surface area contributed by atoms with Gasteiger partial charge in [0, 0.05) is 10.6 Å². The number of ether oxygens (including phenoxy) is 1. The molecule has 9 heteroatoms. The fourth-order valence-corrected chi connectivity index (χ4v) is 1.06. The summed E-state index contributed by atoms with van der Waals surface area (Å²) in [5, 5.41) is 12.2. The average molecular weight is 264 g/mol. The SMILES string of the molecule is O=C(C[N+](=O)[O-])Nc1ccc(OC(F)(F)F)cc1. The Kier molecular flexibility index (Phi) is 4.08. The molecular formula is C9H7F3N2O4. The van der Waals surface area contributed by atoms with Crippen molar-refractivity contribution in [3.8, 4) is 5.75 Å². The first kappa shape index (κ1) is 13.7. The fourth-order valence-electron chi connectivity index (χ4n) is 1.06. The van der Waals surface area contributed by atoms with Gasteiger partial charge in [0.15, 0.2) is 0 Å². The summed E-state index contributed by atoms with van der Waals surface area (Å²) in [6.07, 6.45) is -4.80. The number of carbonyl (C=O) groups excluding carboxylic acids is 1. The molecule has 0 aliphatic carbocycles. The lowest BCUT2D eigenvalue weighted by Crippen LogP contribution is -2.21. The highest BCUT2D eigenvalue weighted by Crippen LogP contribution is 2.23. The number of halogens is 3. The molecule has 6 nitrogen and oxygen atoms in total. The summed E-state index contributed by atoms with van der Waals surface area (Å²) in [6, 6.07) is 4.24. The second-order valence-corrected chi connectivity index (χ2v) is 3.11. The molecule has 0 spiro atoms. The van der Waals surface area contributed by atoms with Crippen LogP contribution in [-0.4, -0.2) is 23.7 Å². The van der Waals surface area contributed by atoms with Gasteiger partial charge in [-0.15, -0.1) is 13.2 Å². The van der Waals surface area contributed by atoms with Crippen molar-refractivity contribution in [2.75, 3.05) is 11.9 Å². The van der Waals surface area contributed by atoms with Crippen molar-refractivity contribution in [3.05, 3.63) is 34.4 Å². The summed E-state index contributed by atoms with van der Waals surface area (Å²) in [6.45, 7) is -0.916. The first-order valence-electron chi connectivity index (χ1n) is 4.54. The van der Waals surface area contributed by atoms with Gasteiger partial charge in [-0.25, -0.2) is 0 Å². The molecule has 0 aliphatic heterocycles. The molecule has 1 aromatic carbocycles. The molecule has 1 rings (SSSR count). The Morgan fingerprint density at radius 3 is 2.33 bits per heavy atom. The number of hydrogen-bond donors (Lipinski definition) is 1. The predicted octanol–water partition coefficient (Wildman–Crippen LogP) is 1.80. The second-order valence-electron chi connectivity index (χ2n) is 3.11. The molecule has 0 saturated heterocycles. The smallest absolute Gasteiger partial charge is 0.406 e. The molecule has 18 heavy (non-hydrogen) atoms. The molecule has 0 radical (unpaired) electrons. The van der Waals surface area contributed by atoms with E-state index in [4.69, 9.17) is 0 Å². The van der Waals surface area contributed by atoms with Crippen molar-refractivity contribution in [1.29, 1.82) is 0 Å². The molecule has 0 aliphatic rings. The number of rotatable bonds is 4. The van der Waals surface area contributed by atoms with Crippen LogP contribution in [0.2, 0.25) is 0 Å². The minimum Gasteiger partial charge on any atom is -0.406 e. The maximum Gasteiger partial charge on any atom is 0.573 e. The van der Waals surface area contributed by atoms with Crippen LogP contribution >= 0.6 is 0 Å². The van der Waals surface area contributed by atoms with Gasteiger partial charge in [-0.3, -0.25) is 14.9 Å². The summed E-state index contributed by atoms with van der Waals surface area (Å²) in [4.78, 5) is 20.2. The Labute approximate surface area is 98.5 Å². The second kappa shape index (κ2) is 5.34. The largest absolute Gasteiger partial charge is 0.573 e. The summed E-state index contributed by atoms with van der Waals surface area (Å²) in [5.41, 5.74) is 0.136. The molecule has 1 amide bonds. The van der Waals surface area contributed by atoms with Gasteiger partial charge >= 0.3 is 6.36 Å². The normalized spacial score (nSPS) is 10.8. The Morgan fingerprint density at radius 2 is 1.89 bits per heavy atom. The quantitative estimate of drug-likeness (QED) is 0.664. The molecule has 0 saturated carbocycles. The van der Waals surface area contributed by atoms with Gasteiger partial charge in [0.1, 0.15) is 5.75 Å². The third kappa shape index (κ3) is 5.14. The minimum absolute atomic E-state index is 0.136. The van der Waals surface area contributed by atoms with Gasteiger partial charge in [-0.2, -0.15) is 0 Å². The molecule has 0 heterocycles. The zero-order valence-electron chi connectivity index (χ0n) is 8.73. The number of nitro groups is 1. The third-order valence-corrected chi connectivity index (χ3v) is 1.64. The monoisotopic (exact) mass is 264 g/mol. The number of nitrogens with one attached hydrogen (secondary N) is 1. The van der Waals surface area contributed by atoms with Crippen LogP contribution in [-0.2, 0) is 4.79 Å². The van der Waals surface area contributed by atoms with E-state index in [1.165, 1.54) is 0 Å². The molecule has 0 fully saturated rings. The van der Waals surface area contributed by atoms with Gasteiger partial charge in [-0.05, 0) is 24.3 Å². The zero-order valence-corrected chi connectivity index (χ0v) is 8.73. The van der Waals surface area contributed by atoms with Crippen molar-refractivity contribution < 1.29 is 27.6 Å². The maximum atomic E-state index is 11.8. The van der Waals surface area contributed by atoms with Crippen LogP contribution in [0, 0.1) is 10.1 Å². The standard InChI is InChI=1S/C9H7F3N2O4/c10-9(11,12)18-7-3-1-6(2-4-7)13-8(15)5-14(16)17/h1-4H,5H2,(H,13,15). The van der Waals surface area contributed by atoms with E-state index in [0.29, 0.717) is 0 Å². The van der Waals surface area contributed by atoms with E-state index < -0.39 is 29.5 Å². The molecule has 0 atom stereocenters. The Hall–Kier alpha value is -2.32. The minimum atomic E-state index is -4.80. The van der Waals surface area contributed by atoms with Gasteiger partial charge in [0.25, 0.3) is 12.5 Å². The van der Waals surface area contributed by atoms with E-state index in [0.717, 1.165) is 24.3 Å². The van der Waals surface area contributed by atoms with Crippen molar-refractivity contribution in [2.24, 2.45) is 0 Å². The molecular weight excluding hydrogens is 257 g/mol. The van der Waals surface area contributed by atoms with Gasteiger partial charge in [0.2, 0.25) is 0 Å². The summed E-state index contributed by atoms with van der Waals surface area (Å²) < 4.78 is 39.1. The van der Waals surface area contributed by atoms with E-state index in [1.54, 1.807) is 0 Å². The molecule has 98 valence electrons. The van der Waals surface area contributed by atoms with E-state index in [9.17, 15) is 28.1 Å². The highest BCUT2D eigenvalue weighted by Gasteiger charge is 2.30. The Balaban J connectivity index is 2.60. The number of carbonyl (C=O) groups is 1. The first-order valence-corrected chi connectivity index (χ1v) is 4.54. The zero-order chi connectivity index (χ0) is 13.8. The van der Waals surface area contributed by atoms with Gasteiger partial charge in [0.05, 0.1) is 0 Å². The van der Waals surface area contributed by atoms with Crippen LogP contribution in [0.4, 0.5) is 18.9 Å². The predicted molar refractivity (Wildman–Crippen MR) is 53.6 cm³/mol. The average Bonchev–Trinajstić information content (AvgIpc) is 2.17. The van der Waals surface area contributed by atoms with Crippen molar-refractivity contribution in [3.63, 3.8) is 0 Å². The van der Waals surface area contributed by atoms with Crippen LogP contribution in [0.25, 0.3) is 0 Å². The number of alkyl halides is 3. The van der Waals surface area contributed by atoms with Crippen molar-refractivity contribution >= 4 is 11.6 Å². The highest BCUT2D eigenvalue weighted by atomic mass is 19.4. The van der Waals surface area contributed by atoms with Crippen LogP contribution in [0.15, 0.2) is 24.3 Å². The van der Waals surface area contributed by atoms with E-state index in [2.05, 4.69) is 10.1 Å². The number of hydrogen-bond acceptors (Lipinski definition) is 4. The summed E-state index contributed by atoms with van der Waals surface area (Å²) in [7, 11) is 0. The maximum absolute atomic E-state index is 11.8. The lowest BCUT2D eigenvalue weighted by Gasteiger charge is -2.09. The molecule has 0 aromatic heterocycles. The van der Waals surface area contributed by atoms with Crippen LogP contribution in [0.1, 0.15) is 0 Å². The Bertz CT molecular complexity index is 444. The summed E-state index contributed by atoms with van der Waals surface area (Å²) >= 11 is 0. The van der Waals surface area contributed by atoms with Crippen molar-refractivity contribution in [2.45, 2.75) is 6.36 Å². The topological polar surface area (TPSA) is 81.5 Å². The number of amides is 1. The Morgan fingerprint density at radius 1 is 1.33 bits per heavy atom. The highest BCUT2D eigenvalue weighted by molar-refractivity contribution is 5.91. The number of anilines is 1.